The minimum Gasteiger partial charge on any atom is -0.481 e. The maximum atomic E-state index is 11.8. The lowest BCUT2D eigenvalue weighted by Crippen LogP contribution is -2.30. The molecule has 0 aromatic rings. The summed E-state index contributed by atoms with van der Waals surface area (Å²) < 4.78 is 35.4. The molecule has 0 aliphatic carbocycles. The van der Waals surface area contributed by atoms with Crippen LogP contribution in [0.5, 0.6) is 0 Å². The second-order valence-corrected chi connectivity index (χ2v) is 4.41. The molecule has 0 aliphatic heterocycles. The van der Waals surface area contributed by atoms with Crippen molar-refractivity contribution in [2.75, 3.05) is 25.1 Å². The summed E-state index contributed by atoms with van der Waals surface area (Å²) in [7, 11) is 1.44. The Morgan fingerprint density at radius 1 is 1.35 bits per heavy atom. The molecule has 0 aromatic heterocycles. The molecule has 1 amide bonds. The molecule has 0 saturated heterocycles. The largest absolute Gasteiger partial charge is 0.481 e. The van der Waals surface area contributed by atoms with Crippen molar-refractivity contribution in [3.8, 4) is 0 Å². The molecule has 17 heavy (non-hydrogen) atoms. The van der Waals surface area contributed by atoms with Crippen molar-refractivity contribution in [2.45, 2.75) is 19.0 Å². The number of halogens is 3. The van der Waals surface area contributed by atoms with Crippen LogP contribution < -0.4 is 0 Å². The predicted octanol–water partition coefficient (Wildman–Crippen LogP) is 1.61. The van der Waals surface area contributed by atoms with E-state index in [1.54, 1.807) is 0 Å². The van der Waals surface area contributed by atoms with Crippen LogP contribution in [0.25, 0.3) is 0 Å². The third kappa shape index (κ3) is 9.98. The fourth-order valence-corrected chi connectivity index (χ4v) is 1.68. The molecule has 100 valence electrons. The first-order chi connectivity index (χ1) is 7.72. The topological polar surface area (TPSA) is 57.6 Å². The first-order valence-electron chi connectivity index (χ1n) is 4.82. The summed E-state index contributed by atoms with van der Waals surface area (Å²) >= 11 is 0.504. The van der Waals surface area contributed by atoms with Gasteiger partial charge in [-0.15, -0.1) is 11.8 Å². The summed E-state index contributed by atoms with van der Waals surface area (Å²) in [5.41, 5.74) is 0. The Bertz CT molecular complexity index is 271. The number of hydrogen-bond acceptors (Lipinski definition) is 3. The number of carbonyl (C=O) groups excluding carboxylic acids is 1. The number of carboxylic acids is 1. The molecular weight excluding hydrogens is 259 g/mol. The predicted molar refractivity (Wildman–Crippen MR) is 57.9 cm³/mol. The highest BCUT2D eigenvalue weighted by Gasteiger charge is 2.27. The van der Waals surface area contributed by atoms with Gasteiger partial charge in [0.05, 0.1) is 11.5 Å². The highest BCUT2D eigenvalue weighted by Crippen LogP contribution is 2.21. The highest BCUT2D eigenvalue weighted by atomic mass is 32.2. The second-order valence-electron chi connectivity index (χ2n) is 3.42. The molecule has 0 heterocycles. The molecule has 0 saturated carbocycles. The van der Waals surface area contributed by atoms with Gasteiger partial charge in [0.2, 0.25) is 5.91 Å². The van der Waals surface area contributed by atoms with Crippen LogP contribution in [0.2, 0.25) is 0 Å². The van der Waals surface area contributed by atoms with Gasteiger partial charge < -0.3 is 10.0 Å². The van der Waals surface area contributed by atoms with Gasteiger partial charge in [-0.1, -0.05) is 0 Å². The zero-order chi connectivity index (χ0) is 13.5. The van der Waals surface area contributed by atoms with E-state index in [9.17, 15) is 22.8 Å². The summed E-state index contributed by atoms with van der Waals surface area (Å²) in [6.07, 6.45) is -4.04. The standard InChI is InChI=1S/C9H14F3NO3S/c1-13(4-2-3-8(15)16)7(14)5-17-6-9(10,11)12/h2-6H2,1H3,(H,15,16). The second kappa shape index (κ2) is 7.41. The molecule has 1 N–H and O–H groups in total. The van der Waals surface area contributed by atoms with Crippen LogP contribution >= 0.6 is 11.8 Å². The molecule has 8 heteroatoms. The summed E-state index contributed by atoms with van der Waals surface area (Å²) in [5.74, 6) is -2.69. The van der Waals surface area contributed by atoms with E-state index < -0.39 is 23.8 Å². The summed E-state index contributed by atoms with van der Waals surface area (Å²) in [4.78, 5) is 22.7. The average Bonchev–Trinajstić information content (AvgIpc) is 2.14. The third-order valence-electron chi connectivity index (χ3n) is 1.80. The monoisotopic (exact) mass is 273 g/mol. The van der Waals surface area contributed by atoms with Crippen molar-refractivity contribution in [3.05, 3.63) is 0 Å². The van der Waals surface area contributed by atoms with Crippen molar-refractivity contribution in [3.63, 3.8) is 0 Å². The average molecular weight is 273 g/mol. The SMILES string of the molecule is CN(CCCC(=O)O)C(=O)CSCC(F)(F)F. The van der Waals surface area contributed by atoms with Crippen LogP contribution in [-0.4, -0.2) is 53.2 Å². The molecule has 0 unspecified atom stereocenters. The molecule has 0 spiro atoms. The first kappa shape index (κ1) is 16.1. The van der Waals surface area contributed by atoms with E-state index in [-0.39, 0.29) is 18.7 Å². The molecule has 0 radical (unpaired) electrons. The number of carboxylic acid groups (broad SMARTS) is 1. The molecule has 0 aromatic carbocycles. The molecule has 0 bridgehead atoms. The number of thioether (sulfide) groups is 1. The lowest BCUT2D eigenvalue weighted by atomic mass is 10.3. The maximum absolute atomic E-state index is 11.8. The van der Waals surface area contributed by atoms with Crippen LogP contribution in [0, 0.1) is 0 Å². The molecule has 0 fully saturated rings. The van der Waals surface area contributed by atoms with Gasteiger partial charge in [-0.25, -0.2) is 0 Å². The minimum absolute atomic E-state index is 0.0622. The van der Waals surface area contributed by atoms with E-state index in [4.69, 9.17) is 5.11 Å². The lowest BCUT2D eigenvalue weighted by Gasteiger charge is -2.16. The lowest BCUT2D eigenvalue weighted by molar-refractivity contribution is -0.137. The van der Waals surface area contributed by atoms with Crippen LogP contribution in [0.3, 0.4) is 0 Å². The number of alkyl halides is 3. The van der Waals surface area contributed by atoms with E-state index >= 15 is 0 Å². The van der Waals surface area contributed by atoms with Crippen LogP contribution in [-0.2, 0) is 9.59 Å². The van der Waals surface area contributed by atoms with E-state index in [0.717, 1.165) is 0 Å². The minimum atomic E-state index is -4.27. The molecule has 4 nitrogen and oxygen atoms in total. The van der Waals surface area contributed by atoms with Crippen molar-refractivity contribution in [2.24, 2.45) is 0 Å². The van der Waals surface area contributed by atoms with Crippen molar-refractivity contribution in [1.29, 1.82) is 0 Å². The Balaban J connectivity index is 3.71. The zero-order valence-electron chi connectivity index (χ0n) is 9.29. The number of hydrogen-bond donors (Lipinski definition) is 1. The van der Waals surface area contributed by atoms with Gasteiger partial charge in [-0.3, -0.25) is 9.59 Å². The molecule has 0 rings (SSSR count). The maximum Gasteiger partial charge on any atom is 0.397 e. The molecule has 0 atom stereocenters. The quantitative estimate of drug-likeness (QED) is 0.765. The summed E-state index contributed by atoms with van der Waals surface area (Å²) in [5, 5.41) is 8.36. The number of amides is 1. The van der Waals surface area contributed by atoms with E-state index in [0.29, 0.717) is 18.2 Å². The fraction of sp³-hybridized carbons (Fsp3) is 0.778. The Morgan fingerprint density at radius 2 is 1.94 bits per heavy atom. The Kier molecular flexibility index (Phi) is 7.01. The van der Waals surface area contributed by atoms with Gasteiger partial charge >= 0.3 is 12.1 Å². The normalized spacial score (nSPS) is 11.3. The van der Waals surface area contributed by atoms with Crippen molar-refractivity contribution < 1.29 is 27.9 Å². The van der Waals surface area contributed by atoms with Gasteiger partial charge in [0.15, 0.2) is 0 Å². The highest BCUT2D eigenvalue weighted by molar-refractivity contribution is 8.00. The van der Waals surface area contributed by atoms with Crippen molar-refractivity contribution in [1.82, 2.24) is 4.90 Å². The van der Waals surface area contributed by atoms with Crippen LogP contribution in [0.1, 0.15) is 12.8 Å². The fourth-order valence-electron chi connectivity index (χ4n) is 0.956. The zero-order valence-corrected chi connectivity index (χ0v) is 10.1. The summed E-state index contributed by atoms with van der Waals surface area (Å²) in [6, 6.07) is 0. The van der Waals surface area contributed by atoms with Gasteiger partial charge in [0.25, 0.3) is 0 Å². The van der Waals surface area contributed by atoms with Gasteiger partial charge in [-0.2, -0.15) is 13.2 Å². The summed E-state index contributed by atoms with van der Waals surface area (Å²) in [6.45, 7) is 0.234. The molecular formula is C9H14F3NO3S. The molecule has 0 aliphatic rings. The van der Waals surface area contributed by atoms with Crippen molar-refractivity contribution >= 4 is 23.6 Å². The number of nitrogens with zero attached hydrogens (tertiary/aromatic N) is 1. The van der Waals surface area contributed by atoms with Gasteiger partial charge in [0.1, 0.15) is 0 Å². The Labute approximate surface area is 101 Å². The van der Waals surface area contributed by atoms with E-state index in [1.807, 2.05) is 0 Å². The number of aliphatic carboxylic acids is 1. The van der Waals surface area contributed by atoms with Crippen LogP contribution in [0.15, 0.2) is 0 Å². The number of carbonyl (C=O) groups is 2. The van der Waals surface area contributed by atoms with Crippen LogP contribution in [0.4, 0.5) is 13.2 Å². The Hall–Kier alpha value is -0.920. The van der Waals surface area contributed by atoms with Gasteiger partial charge in [-0.05, 0) is 6.42 Å². The van der Waals surface area contributed by atoms with Gasteiger partial charge in [0, 0.05) is 20.0 Å². The Morgan fingerprint density at radius 3 is 2.41 bits per heavy atom. The third-order valence-corrected chi connectivity index (χ3v) is 2.78. The van der Waals surface area contributed by atoms with E-state index in [2.05, 4.69) is 0 Å². The first-order valence-corrected chi connectivity index (χ1v) is 5.98. The van der Waals surface area contributed by atoms with E-state index in [1.165, 1.54) is 11.9 Å². The number of rotatable bonds is 7. The smallest absolute Gasteiger partial charge is 0.397 e.